The largest absolute Gasteiger partial charge is 0.495 e. The Labute approximate surface area is 286 Å². The van der Waals surface area contributed by atoms with Gasteiger partial charge in [-0.25, -0.2) is 14.8 Å². The highest BCUT2D eigenvalue weighted by Crippen LogP contribution is 2.48. The zero-order valence-corrected chi connectivity index (χ0v) is 28.1. The lowest BCUT2D eigenvalue weighted by atomic mass is 9.78. The SMILES string of the molecule is C=CC(=O)N[C@H]1CCC(c2ccccc2)C[C@H]1Nc1ncc2c(n1)N(Cc1nccs1)C(=O)N(c1c(Cl)c(OC)cc(OC)c1Cl)C2. The number of benzene rings is 2. The zero-order valence-electron chi connectivity index (χ0n) is 25.8. The number of ether oxygens (including phenoxy) is 2. The summed E-state index contributed by atoms with van der Waals surface area (Å²) in [6, 6.07) is 11.1. The number of fused-ring (bicyclic) bond motifs is 1. The first-order valence-corrected chi connectivity index (χ1v) is 16.6. The number of halogens is 2. The van der Waals surface area contributed by atoms with E-state index in [1.807, 2.05) is 23.6 Å². The van der Waals surface area contributed by atoms with Gasteiger partial charge in [-0.3, -0.25) is 14.6 Å². The molecule has 2 N–H and O–H groups in total. The Bertz CT molecular complexity index is 1750. The van der Waals surface area contributed by atoms with Crippen molar-refractivity contribution in [1.29, 1.82) is 0 Å². The maximum atomic E-state index is 14.3. The summed E-state index contributed by atoms with van der Waals surface area (Å²) in [5, 5.41) is 9.45. The molecule has 11 nitrogen and oxygen atoms in total. The maximum absolute atomic E-state index is 14.3. The first-order chi connectivity index (χ1) is 22.8. The minimum atomic E-state index is -0.408. The molecule has 14 heteroatoms. The Balaban J connectivity index is 1.36. The molecule has 0 radical (unpaired) electrons. The highest BCUT2D eigenvalue weighted by atomic mass is 35.5. The summed E-state index contributed by atoms with van der Waals surface area (Å²) < 4.78 is 10.9. The van der Waals surface area contributed by atoms with E-state index in [4.69, 9.17) is 37.7 Å². The smallest absolute Gasteiger partial charge is 0.330 e. The lowest BCUT2D eigenvalue weighted by Crippen LogP contribution is -2.50. The van der Waals surface area contributed by atoms with Gasteiger partial charge in [0.15, 0.2) is 0 Å². The minimum absolute atomic E-state index is 0.0934. The van der Waals surface area contributed by atoms with Crippen molar-refractivity contribution in [3.63, 3.8) is 0 Å². The van der Waals surface area contributed by atoms with Crippen LogP contribution in [-0.4, -0.2) is 53.2 Å². The number of aromatic nitrogens is 3. The summed E-state index contributed by atoms with van der Waals surface area (Å²) in [7, 11) is 2.95. The van der Waals surface area contributed by atoms with E-state index >= 15 is 0 Å². The lowest BCUT2D eigenvalue weighted by molar-refractivity contribution is -0.117. The van der Waals surface area contributed by atoms with Gasteiger partial charge in [0.05, 0.1) is 33.0 Å². The first-order valence-electron chi connectivity index (χ1n) is 15.0. The Hall–Kier alpha value is -4.39. The van der Waals surface area contributed by atoms with Crippen LogP contribution in [0.25, 0.3) is 0 Å². The number of urea groups is 1. The summed E-state index contributed by atoms with van der Waals surface area (Å²) in [6.07, 6.45) is 7.08. The number of rotatable bonds is 10. The average Bonchev–Trinajstić information content (AvgIpc) is 3.61. The van der Waals surface area contributed by atoms with Crippen LogP contribution in [0.3, 0.4) is 0 Å². The number of amides is 3. The molecule has 1 unspecified atom stereocenters. The number of methoxy groups -OCH3 is 2. The third-order valence-corrected chi connectivity index (χ3v) is 9.93. The van der Waals surface area contributed by atoms with Crippen LogP contribution in [-0.2, 0) is 17.9 Å². The number of carbonyl (C=O) groups excluding carboxylic acids is 2. The molecule has 0 bridgehead atoms. The number of thiazole rings is 1. The Morgan fingerprint density at radius 2 is 1.85 bits per heavy atom. The molecule has 4 aromatic rings. The van der Waals surface area contributed by atoms with Crippen LogP contribution in [0.4, 0.5) is 22.2 Å². The number of nitrogens with one attached hydrogen (secondary N) is 2. The van der Waals surface area contributed by atoms with E-state index < -0.39 is 6.03 Å². The molecule has 1 aliphatic carbocycles. The van der Waals surface area contributed by atoms with Crippen LogP contribution in [0, 0.1) is 0 Å². The van der Waals surface area contributed by atoms with Crippen LogP contribution >= 0.6 is 34.5 Å². The van der Waals surface area contributed by atoms with E-state index in [0.29, 0.717) is 33.8 Å². The highest BCUT2D eigenvalue weighted by molar-refractivity contribution is 7.09. The molecule has 3 atom stereocenters. The summed E-state index contributed by atoms with van der Waals surface area (Å²) in [5.41, 5.74) is 2.16. The van der Waals surface area contributed by atoms with E-state index in [9.17, 15) is 9.59 Å². The lowest BCUT2D eigenvalue weighted by Gasteiger charge is -2.38. The van der Waals surface area contributed by atoms with Gasteiger partial charge in [0, 0.05) is 41.5 Å². The fraction of sp³-hybridized carbons (Fsp3) is 0.303. The van der Waals surface area contributed by atoms with Crippen molar-refractivity contribution in [3.8, 4) is 11.5 Å². The molecular formula is C33H33Cl2N7O4S. The van der Waals surface area contributed by atoms with Crippen molar-refractivity contribution < 1.29 is 19.1 Å². The monoisotopic (exact) mass is 693 g/mol. The summed E-state index contributed by atoms with van der Waals surface area (Å²) >= 11 is 14.9. The number of nitrogens with zero attached hydrogens (tertiary/aromatic N) is 5. The van der Waals surface area contributed by atoms with Gasteiger partial charge in [-0.05, 0) is 36.8 Å². The molecule has 3 amide bonds. The number of carbonyl (C=O) groups is 2. The van der Waals surface area contributed by atoms with E-state index in [0.717, 1.165) is 19.3 Å². The number of hydrogen-bond donors (Lipinski definition) is 2. The third kappa shape index (κ3) is 6.71. The van der Waals surface area contributed by atoms with Gasteiger partial charge in [-0.2, -0.15) is 4.98 Å². The minimum Gasteiger partial charge on any atom is -0.495 e. The quantitative estimate of drug-likeness (QED) is 0.174. The van der Waals surface area contributed by atoms with Crippen molar-refractivity contribution in [2.75, 3.05) is 29.3 Å². The molecule has 0 saturated heterocycles. The molecular weight excluding hydrogens is 661 g/mol. The molecule has 47 heavy (non-hydrogen) atoms. The van der Waals surface area contributed by atoms with Crippen LogP contribution in [0.15, 0.2) is 66.8 Å². The van der Waals surface area contributed by atoms with Crippen molar-refractivity contribution in [3.05, 3.63) is 93.0 Å². The fourth-order valence-corrected chi connectivity index (χ4v) is 7.43. The van der Waals surface area contributed by atoms with Crippen molar-refractivity contribution in [2.45, 2.75) is 50.4 Å². The van der Waals surface area contributed by atoms with Crippen LogP contribution in [0.1, 0.15) is 41.3 Å². The normalized spacial score (nSPS) is 19.1. The molecule has 2 aromatic carbocycles. The molecule has 2 aromatic heterocycles. The van der Waals surface area contributed by atoms with Gasteiger partial charge in [-0.15, -0.1) is 11.3 Å². The number of hydrogen-bond acceptors (Lipinski definition) is 9. The topological polar surface area (TPSA) is 122 Å². The zero-order chi connectivity index (χ0) is 33.1. The highest BCUT2D eigenvalue weighted by Gasteiger charge is 2.38. The van der Waals surface area contributed by atoms with Crippen LogP contribution in [0.2, 0.25) is 10.0 Å². The van der Waals surface area contributed by atoms with Crippen LogP contribution < -0.4 is 29.9 Å². The van der Waals surface area contributed by atoms with Gasteiger partial charge < -0.3 is 20.1 Å². The van der Waals surface area contributed by atoms with E-state index in [1.54, 1.807) is 18.5 Å². The van der Waals surface area contributed by atoms with E-state index in [2.05, 4.69) is 39.3 Å². The molecule has 1 fully saturated rings. The van der Waals surface area contributed by atoms with Crippen LogP contribution in [0.5, 0.6) is 11.5 Å². The molecule has 3 heterocycles. The summed E-state index contributed by atoms with van der Waals surface area (Å²) in [5.74, 6) is 1.44. The number of anilines is 3. The molecule has 1 aliphatic heterocycles. The maximum Gasteiger partial charge on any atom is 0.330 e. The second-order valence-corrected chi connectivity index (χ2v) is 12.9. The third-order valence-electron chi connectivity index (χ3n) is 8.43. The van der Waals surface area contributed by atoms with Gasteiger partial charge in [0.25, 0.3) is 0 Å². The molecule has 6 rings (SSSR count). The van der Waals surface area contributed by atoms with Crippen molar-refractivity contribution >= 4 is 63.9 Å². The van der Waals surface area contributed by atoms with E-state index in [1.165, 1.54) is 47.0 Å². The van der Waals surface area contributed by atoms with Crippen molar-refractivity contribution in [2.24, 2.45) is 0 Å². The Morgan fingerprint density at radius 1 is 1.11 bits per heavy atom. The standard InChI is InChI=1S/C33H33Cl2N7O4S/c1-4-26(43)38-22-11-10-20(19-8-6-5-7-9-19)14-23(22)39-32-37-16-21-17-41(30-28(34)24(45-2)15-25(46-3)29(30)35)33(44)42(31(21)40-32)18-27-36-12-13-47-27/h4-9,12-13,15-16,20,22-23H,1,10-11,14,17-18H2,2-3H3,(H,38,43)(H,37,39,40)/t20?,22-,23+/m0/s1. The molecule has 2 aliphatic rings. The van der Waals surface area contributed by atoms with Gasteiger partial charge in [0.1, 0.15) is 32.4 Å². The Morgan fingerprint density at radius 3 is 2.51 bits per heavy atom. The first kappa shape index (κ1) is 32.5. The van der Waals surface area contributed by atoms with E-state index in [-0.39, 0.29) is 52.7 Å². The Kier molecular flexibility index (Phi) is 9.81. The molecule has 0 spiro atoms. The molecule has 1 saturated carbocycles. The predicted octanol–water partition coefficient (Wildman–Crippen LogP) is 6.82. The fourth-order valence-electron chi connectivity index (χ4n) is 6.12. The van der Waals surface area contributed by atoms with Gasteiger partial charge in [-0.1, -0.05) is 60.1 Å². The van der Waals surface area contributed by atoms with Crippen molar-refractivity contribution in [1.82, 2.24) is 20.3 Å². The predicted molar refractivity (Wildman–Crippen MR) is 184 cm³/mol. The second kappa shape index (κ2) is 14.2. The average molecular weight is 695 g/mol. The van der Waals surface area contributed by atoms with Gasteiger partial charge in [0.2, 0.25) is 11.9 Å². The van der Waals surface area contributed by atoms with Gasteiger partial charge >= 0.3 is 6.03 Å². The summed E-state index contributed by atoms with van der Waals surface area (Å²) in [4.78, 5) is 43.6. The second-order valence-electron chi connectivity index (χ2n) is 11.2. The summed E-state index contributed by atoms with van der Waals surface area (Å²) in [6.45, 7) is 3.87. The molecule has 244 valence electrons.